The molecule has 1 aliphatic rings. The highest BCUT2D eigenvalue weighted by molar-refractivity contribution is 7.90. The number of benzene rings is 2. The first-order valence-electron chi connectivity index (χ1n) is 10.6. The molecule has 174 valence electrons. The van der Waals surface area contributed by atoms with Crippen LogP contribution in [0.25, 0.3) is 10.9 Å². The van der Waals surface area contributed by atoms with Crippen LogP contribution in [0.4, 0.5) is 4.79 Å². The van der Waals surface area contributed by atoms with Crippen LogP contribution in [0.15, 0.2) is 64.5 Å². The van der Waals surface area contributed by atoms with E-state index in [0.29, 0.717) is 11.3 Å². The van der Waals surface area contributed by atoms with Gasteiger partial charge in [-0.25, -0.2) is 22.9 Å². The molecule has 9 nitrogen and oxygen atoms in total. The van der Waals surface area contributed by atoms with Crippen LogP contribution in [-0.4, -0.2) is 36.7 Å². The van der Waals surface area contributed by atoms with Gasteiger partial charge in [-0.2, -0.15) is 0 Å². The lowest BCUT2D eigenvalue weighted by atomic mass is 10.1. The van der Waals surface area contributed by atoms with Gasteiger partial charge in [0.05, 0.1) is 22.1 Å². The number of nitrogens with one attached hydrogen (secondary N) is 3. The van der Waals surface area contributed by atoms with Crippen LogP contribution in [-0.2, 0) is 21.2 Å². The number of carbonyl (C=O) groups excluding carboxylic acids is 2. The van der Waals surface area contributed by atoms with Crippen LogP contribution in [0.2, 0.25) is 0 Å². The molecule has 1 fully saturated rings. The van der Waals surface area contributed by atoms with Crippen molar-refractivity contribution in [3.63, 3.8) is 0 Å². The Morgan fingerprint density at radius 2 is 1.88 bits per heavy atom. The quantitative estimate of drug-likeness (QED) is 0.490. The van der Waals surface area contributed by atoms with Gasteiger partial charge in [-0.3, -0.25) is 4.79 Å². The second kappa shape index (κ2) is 10.9. The van der Waals surface area contributed by atoms with E-state index < -0.39 is 16.1 Å². The van der Waals surface area contributed by atoms with Crippen molar-refractivity contribution in [3.05, 3.63) is 70.8 Å². The van der Waals surface area contributed by atoms with E-state index in [1.807, 2.05) is 22.9 Å². The number of carbonyl (C=O) groups is 2. The third kappa shape index (κ3) is 6.72. The van der Waals surface area contributed by atoms with Crippen molar-refractivity contribution in [1.82, 2.24) is 20.0 Å². The van der Waals surface area contributed by atoms with Crippen molar-refractivity contribution >= 4 is 33.2 Å². The summed E-state index contributed by atoms with van der Waals surface area (Å²) in [6, 6.07) is 12.4. The summed E-state index contributed by atoms with van der Waals surface area (Å²) in [5, 5.41) is 3.33. The van der Waals surface area contributed by atoms with Gasteiger partial charge in [0.15, 0.2) is 0 Å². The Kier molecular flexibility index (Phi) is 7.94. The molecule has 1 aliphatic carbocycles. The maximum Gasteiger partial charge on any atom is 0.328 e. The van der Waals surface area contributed by atoms with Crippen LogP contribution >= 0.6 is 0 Å². The van der Waals surface area contributed by atoms with Crippen LogP contribution in [0.1, 0.15) is 31.7 Å². The van der Waals surface area contributed by atoms with E-state index in [2.05, 4.69) is 22.2 Å². The minimum Gasteiger partial charge on any atom is -0.335 e. The molecule has 0 aliphatic heterocycles. The number of para-hydroxylation sites is 1. The lowest BCUT2D eigenvalue weighted by Gasteiger charge is -2.13. The normalized spacial score (nSPS) is 17.6. The Labute approximate surface area is 191 Å². The highest BCUT2D eigenvalue weighted by Gasteiger charge is 2.25. The monoisotopic (exact) mass is 470 g/mol. The number of urea groups is 1. The number of sulfonamides is 1. The Morgan fingerprint density at radius 1 is 1.15 bits per heavy atom. The smallest absolute Gasteiger partial charge is 0.328 e. The standard InChI is InChI=1S/C15H20N2O4S.C8H6N2O/c1-11-2-5-13(10-11)16-15(19)17-22(20,21)14-6-3-12(4-7-14)8-9-18;11-8-6-3-1-2-4-7(6)9-5-10-8/h3-4,6-7,9,11,13H,2,5,8,10H2,1H3,(H2,16,17,19);1-5H,(H,9,10,11). The molecule has 0 saturated heterocycles. The van der Waals surface area contributed by atoms with Crippen LogP contribution < -0.4 is 15.6 Å². The Morgan fingerprint density at radius 3 is 2.52 bits per heavy atom. The largest absolute Gasteiger partial charge is 0.335 e. The predicted molar refractivity (Wildman–Crippen MR) is 124 cm³/mol. The number of amides is 2. The summed E-state index contributed by atoms with van der Waals surface area (Å²) in [5.41, 5.74) is 1.37. The highest BCUT2D eigenvalue weighted by Crippen LogP contribution is 2.24. The zero-order valence-electron chi connectivity index (χ0n) is 18.2. The van der Waals surface area contributed by atoms with Gasteiger partial charge in [-0.1, -0.05) is 31.2 Å². The number of rotatable bonds is 5. The molecule has 2 amide bonds. The van der Waals surface area contributed by atoms with E-state index in [1.54, 1.807) is 18.2 Å². The number of aldehydes is 1. The van der Waals surface area contributed by atoms with E-state index in [4.69, 9.17) is 0 Å². The van der Waals surface area contributed by atoms with Gasteiger partial charge in [0, 0.05) is 12.5 Å². The molecule has 10 heteroatoms. The van der Waals surface area contributed by atoms with Crippen molar-refractivity contribution < 1.29 is 18.0 Å². The van der Waals surface area contributed by atoms with Gasteiger partial charge in [0.25, 0.3) is 15.6 Å². The van der Waals surface area contributed by atoms with Crippen molar-refractivity contribution in [2.24, 2.45) is 5.92 Å². The van der Waals surface area contributed by atoms with Gasteiger partial charge in [0.2, 0.25) is 0 Å². The zero-order valence-corrected chi connectivity index (χ0v) is 19.0. The zero-order chi connectivity index (χ0) is 23.8. The fraction of sp³-hybridized carbons (Fsp3) is 0.304. The van der Waals surface area contributed by atoms with Crippen molar-refractivity contribution in [1.29, 1.82) is 0 Å². The minimum absolute atomic E-state index is 0.00270. The molecular formula is C23H26N4O5S. The van der Waals surface area contributed by atoms with Crippen LogP contribution in [0, 0.1) is 5.92 Å². The average Bonchev–Trinajstić information content (AvgIpc) is 3.19. The van der Waals surface area contributed by atoms with Crippen LogP contribution in [0.3, 0.4) is 0 Å². The summed E-state index contributed by atoms with van der Waals surface area (Å²) in [6.07, 6.45) is 5.16. The number of aromatic nitrogens is 2. The predicted octanol–water partition coefficient (Wildman–Crippen LogP) is 2.53. The lowest BCUT2D eigenvalue weighted by molar-refractivity contribution is -0.107. The summed E-state index contributed by atoms with van der Waals surface area (Å²) in [6.45, 7) is 2.11. The molecule has 3 N–H and O–H groups in total. The maximum absolute atomic E-state index is 12.1. The first-order chi connectivity index (χ1) is 15.8. The van der Waals surface area contributed by atoms with Crippen LogP contribution in [0.5, 0.6) is 0 Å². The third-order valence-corrected chi connectivity index (χ3v) is 6.70. The fourth-order valence-electron chi connectivity index (χ4n) is 3.65. The van der Waals surface area contributed by atoms with Gasteiger partial charge < -0.3 is 15.1 Å². The number of nitrogens with zero attached hydrogens (tertiary/aromatic N) is 1. The van der Waals surface area contributed by atoms with Gasteiger partial charge in [-0.05, 0) is 55.0 Å². The van der Waals surface area contributed by atoms with Crippen molar-refractivity contribution in [2.45, 2.75) is 43.5 Å². The SMILES string of the molecule is CC1CCC(NC(=O)NS(=O)(=O)c2ccc(CC=O)cc2)C1.O=c1[nH]cnc2ccccc12. The van der Waals surface area contributed by atoms with Crippen molar-refractivity contribution in [3.8, 4) is 0 Å². The summed E-state index contributed by atoms with van der Waals surface area (Å²) in [4.78, 5) is 39.8. The Hall–Kier alpha value is -3.53. The molecule has 2 aromatic carbocycles. The average molecular weight is 471 g/mol. The summed E-state index contributed by atoms with van der Waals surface area (Å²) >= 11 is 0. The Bertz CT molecular complexity index is 1270. The second-order valence-corrected chi connectivity index (χ2v) is 9.64. The number of hydrogen-bond acceptors (Lipinski definition) is 6. The molecular weight excluding hydrogens is 444 g/mol. The third-order valence-electron chi connectivity index (χ3n) is 5.36. The Balaban J connectivity index is 0.000000231. The second-order valence-electron chi connectivity index (χ2n) is 7.96. The molecule has 0 radical (unpaired) electrons. The minimum atomic E-state index is -3.90. The molecule has 0 bridgehead atoms. The first-order valence-corrected chi connectivity index (χ1v) is 12.0. The summed E-state index contributed by atoms with van der Waals surface area (Å²) in [7, 11) is -3.90. The maximum atomic E-state index is 12.1. The number of aromatic amines is 1. The topological polar surface area (TPSA) is 138 Å². The molecule has 4 rings (SSSR count). The molecule has 33 heavy (non-hydrogen) atoms. The molecule has 1 aromatic heterocycles. The molecule has 0 spiro atoms. The summed E-state index contributed by atoms with van der Waals surface area (Å²) in [5.74, 6) is 0.548. The molecule has 1 saturated carbocycles. The number of H-pyrrole nitrogens is 1. The molecule has 2 atom stereocenters. The highest BCUT2D eigenvalue weighted by atomic mass is 32.2. The van der Waals surface area contributed by atoms with Crippen molar-refractivity contribution in [2.75, 3.05) is 0 Å². The van der Waals surface area contributed by atoms with Gasteiger partial charge in [-0.15, -0.1) is 0 Å². The van der Waals surface area contributed by atoms with Gasteiger partial charge >= 0.3 is 6.03 Å². The van der Waals surface area contributed by atoms with Gasteiger partial charge in [0.1, 0.15) is 6.29 Å². The van der Waals surface area contributed by atoms with E-state index in [0.717, 1.165) is 36.6 Å². The molecule has 2 unspecified atom stereocenters. The molecule has 1 heterocycles. The number of hydrogen-bond donors (Lipinski definition) is 3. The summed E-state index contributed by atoms with van der Waals surface area (Å²) < 4.78 is 26.2. The first kappa shape index (κ1) is 24.1. The number of fused-ring (bicyclic) bond motifs is 1. The van der Waals surface area contributed by atoms with E-state index in [-0.39, 0.29) is 22.9 Å². The van der Waals surface area contributed by atoms with E-state index in [1.165, 1.54) is 18.5 Å². The fourth-order valence-corrected chi connectivity index (χ4v) is 4.57. The lowest BCUT2D eigenvalue weighted by Crippen LogP contribution is -2.43. The molecule has 3 aromatic rings. The van der Waals surface area contributed by atoms with E-state index in [9.17, 15) is 22.8 Å². The van der Waals surface area contributed by atoms with E-state index >= 15 is 0 Å².